The van der Waals surface area contributed by atoms with Gasteiger partial charge in [0.05, 0.1) is 5.56 Å². The summed E-state index contributed by atoms with van der Waals surface area (Å²) >= 11 is 0. The van der Waals surface area contributed by atoms with Crippen LogP contribution < -0.4 is 10.6 Å². The summed E-state index contributed by atoms with van der Waals surface area (Å²) in [6, 6.07) is 8.90. The van der Waals surface area contributed by atoms with E-state index in [1.165, 1.54) is 18.3 Å². The molecule has 1 aromatic carbocycles. The lowest BCUT2D eigenvalue weighted by atomic mass is 10.2. The molecule has 0 saturated carbocycles. The Balaban J connectivity index is 2.18. The Labute approximate surface area is 121 Å². The maximum Gasteiger partial charge on any atom is 0.274 e. The Kier molecular flexibility index (Phi) is 4.46. The first-order valence-corrected chi connectivity index (χ1v) is 6.35. The summed E-state index contributed by atoms with van der Waals surface area (Å²) in [6.45, 7) is 2.68. The first-order valence-electron chi connectivity index (χ1n) is 6.35. The molecule has 2 N–H and O–H groups in total. The van der Waals surface area contributed by atoms with Crippen LogP contribution in [-0.2, 0) is 0 Å². The molecule has 6 heteroatoms. The summed E-state index contributed by atoms with van der Waals surface area (Å²) in [5, 5.41) is 14.4. The van der Waals surface area contributed by atoms with Gasteiger partial charge in [0.15, 0.2) is 0 Å². The van der Waals surface area contributed by atoms with Crippen molar-refractivity contribution < 1.29 is 9.18 Å². The highest BCUT2D eigenvalue weighted by atomic mass is 19.1. The van der Waals surface area contributed by atoms with E-state index in [1.807, 2.05) is 6.92 Å². The molecule has 0 spiro atoms. The minimum atomic E-state index is -0.622. The fraction of sp³-hybridized carbons (Fsp3) is 0.133. The molecule has 0 fully saturated rings. The van der Waals surface area contributed by atoms with Crippen molar-refractivity contribution in [1.29, 1.82) is 5.26 Å². The lowest BCUT2D eigenvalue weighted by Gasteiger charge is -2.07. The molecule has 0 aliphatic heterocycles. The molecule has 2 rings (SSSR count). The molecule has 0 aliphatic carbocycles. The molecule has 106 valence electrons. The number of aromatic nitrogens is 1. The minimum absolute atomic E-state index is 0.123. The molecule has 0 atom stereocenters. The van der Waals surface area contributed by atoms with E-state index in [4.69, 9.17) is 5.26 Å². The van der Waals surface area contributed by atoms with Crippen molar-refractivity contribution in [2.24, 2.45) is 0 Å². The van der Waals surface area contributed by atoms with Crippen LogP contribution in [-0.4, -0.2) is 17.4 Å². The van der Waals surface area contributed by atoms with Gasteiger partial charge in [-0.2, -0.15) is 5.26 Å². The fourth-order valence-electron chi connectivity index (χ4n) is 1.75. The van der Waals surface area contributed by atoms with E-state index in [2.05, 4.69) is 15.6 Å². The Morgan fingerprint density at radius 3 is 2.86 bits per heavy atom. The summed E-state index contributed by atoms with van der Waals surface area (Å²) in [7, 11) is 0. The normalized spacial score (nSPS) is 9.76. The molecule has 0 aliphatic rings. The molecule has 1 heterocycles. The van der Waals surface area contributed by atoms with Crippen LogP contribution >= 0.6 is 0 Å². The molecule has 0 unspecified atom stereocenters. The molecule has 0 saturated heterocycles. The van der Waals surface area contributed by atoms with E-state index >= 15 is 0 Å². The monoisotopic (exact) mass is 284 g/mol. The van der Waals surface area contributed by atoms with E-state index in [9.17, 15) is 9.18 Å². The highest BCUT2D eigenvalue weighted by Crippen LogP contribution is 2.15. The van der Waals surface area contributed by atoms with Crippen LogP contribution in [0, 0.1) is 17.1 Å². The molecule has 1 amide bonds. The summed E-state index contributed by atoms with van der Waals surface area (Å²) in [5.41, 5.74) is 1.24. The number of nitrogens with zero attached hydrogens (tertiary/aromatic N) is 2. The Morgan fingerprint density at radius 2 is 2.14 bits per heavy atom. The van der Waals surface area contributed by atoms with Gasteiger partial charge in [-0.25, -0.2) is 4.39 Å². The van der Waals surface area contributed by atoms with E-state index in [0.717, 1.165) is 18.3 Å². The lowest BCUT2D eigenvalue weighted by Crippen LogP contribution is -2.14. The zero-order chi connectivity index (χ0) is 15.2. The van der Waals surface area contributed by atoms with Crippen LogP contribution in [0.1, 0.15) is 23.0 Å². The van der Waals surface area contributed by atoms with E-state index in [1.54, 1.807) is 18.2 Å². The van der Waals surface area contributed by atoms with Crippen molar-refractivity contribution in [2.45, 2.75) is 6.92 Å². The fourth-order valence-corrected chi connectivity index (χ4v) is 1.75. The van der Waals surface area contributed by atoms with Crippen molar-refractivity contribution >= 4 is 17.3 Å². The van der Waals surface area contributed by atoms with Crippen molar-refractivity contribution in [3.05, 3.63) is 53.6 Å². The van der Waals surface area contributed by atoms with Gasteiger partial charge in [-0.3, -0.25) is 9.78 Å². The number of nitrogens with one attached hydrogen (secondary N) is 2. The predicted octanol–water partition coefficient (Wildman–Crippen LogP) is 2.78. The number of anilines is 2. The molecule has 5 nitrogen and oxygen atoms in total. The largest absolute Gasteiger partial charge is 0.385 e. The molecule has 0 radical (unpaired) electrons. The van der Waals surface area contributed by atoms with Gasteiger partial charge in [0.25, 0.3) is 5.91 Å². The average molecular weight is 284 g/mol. The van der Waals surface area contributed by atoms with Gasteiger partial charge in [0.2, 0.25) is 0 Å². The van der Waals surface area contributed by atoms with Crippen molar-refractivity contribution in [3.8, 4) is 6.07 Å². The number of pyridine rings is 1. The number of carbonyl (C=O) groups is 1. The second-order valence-corrected chi connectivity index (χ2v) is 4.22. The van der Waals surface area contributed by atoms with Crippen molar-refractivity contribution in [2.75, 3.05) is 17.2 Å². The van der Waals surface area contributed by atoms with Gasteiger partial charge in [0, 0.05) is 24.1 Å². The molecular formula is C15H13FN4O. The number of nitriles is 1. The number of hydrogen-bond acceptors (Lipinski definition) is 4. The molecular weight excluding hydrogens is 271 g/mol. The number of amides is 1. The predicted molar refractivity (Wildman–Crippen MR) is 77.5 cm³/mol. The van der Waals surface area contributed by atoms with Crippen LogP contribution in [0.2, 0.25) is 0 Å². The summed E-state index contributed by atoms with van der Waals surface area (Å²) in [5.74, 6) is -1.05. The third kappa shape index (κ3) is 3.54. The summed E-state index contributed by atoms with van der Waals surface area (Å²) < 4.78 is 13.2. The first-order chi connectivity index (χ1) is 10.1. The Morgan fingerprint density at radius 1 is 1.33 bits per heavy atom. The van der Waals surface area contributed by atoms with Gasteiger partial charge in [-0.15, -0.1) is 0 Å². The number of carbonyl (C=O) groups excluding carboxylic acids is 1. The van der Waals surface area contributed by atoms with E-state index in [-0.39, 0.29) is 11.3 Å². The van der Waals surface area contributed by atoms with Crippen molar-refractivity contribution in [1.82, 2.24) is 4.98 Å². The van der Waals surface area contributed by atoms with Gasteiger partial charge in [-0.05, 0) is 37.3 Å². The average Bonchev–Trinajstić information content (AvgIpc) is 2.50. The van der Waals surface area contributed by atoms with Crippen molar-refractivity contribution in [3.63, 3.8) is 0 Å². The molecule has 1 aromatic heterocycles. The van der Waals surface area contributed by atoms with Crippen LogP contribution in [0.3, 0.4) is 0 Å². The first kappa shape index (κ1) is 14.5. The third-order valence-corrected chi connectivity index (χ3v) is 2.72. The number of benzene rings is 1. The standard InChI is InChI=1S/C15H13FN4O/c1-2-18-11-5-6-19-14(8-11)15(21)20-12-3-4-13(16)10(7-12)9-17/h3-8H,2H2,1H3,(H,18,19)(H,20,21). The van der Waals surface area contributed by atoms with Gasteiger partial charge in [0.1, 0.15) is 17.6 Å². The minimum Gasteiger partial charge on any atom is -0.385 e. The van der Waals surface area contributed by atoms with Gasteiger partial charge in [-0.1, -0.05) is 0 Å². The second-order valence-electron chi connectivity index (χ2n) is 4.22. The number of hydrogen-bond donors (Lipinski definition) is 2. The summed E-state index contributed by atoms with van der Waals surface area (Å²) in [6.07, 6.45) is 1.53. The topological polar surface area (TPSA) is 77.8 Å². The highest BCUT2D eigenvalue weighted by molar-refractivity contribution is 6.03. The van der Waals surface area contributed by atoms with E-state index < -0.39 is 11.7 Å². The quantitative estimate of drug-likeness (QED) is 0.905. The van der Waals surface area contributed by atoms with Crippen LogP contribution in [0.5, 0.6) is 0 Å². The molecule has 0 bridgehead atoms. The molecule has 2 aromatic rings. The van der Waals surface area contributed by atoms with Crippen LogP contribution in [0.25, 0.3) is 0 Å². The number of rotatable bonds is 4. The zero-order valence-electron chi connectivity index (χ0n) is 11.4. The third-order valence-electron chi connectivity index (χ3n) is 2.72. The highest BCUT2D eigenvalue weighted by Gasteiger charge is 2.10. The Bertz CT molecular complexity index is 709. The summed E-state index contributed by atoms with van der Waals surface area (Å²) in [4.78, 5) is 16.1. The smallest absolute Gasteiger partial charge is 0.274 e. The van der Waals surface area contributed by atoms with Crippen LogP contribution in [0.15, 0.2) is 36.5 Å². The van der Waals surface area contributed by atoms with Gasteiger partial charge >= 0.3 is 0 Å². The lowest BCUT2D eigenvalue weighted by molar-refractivity contribution is 0.102. The second kappa shape index (κ2) is 6.48. The maximum absolute atomic E-state index is 13.2. The SMILES string of the molecule is CCNc1ccnc(C(=O)Nc2ccc(F)c(C#N)c2)c1. The number of halogens is 1. The molecule has 21 heavy (non-hydrogen) atoms. The van der Waals surface area contributed by atoms with E-state index in [0.29, 0.717) is 5.69 Å². The maximum atomic E-state index is 13.2. The zero-order valence-corrected chi connectivity index (χ0v) is 11.4. The van der Waals surface area contributed by atoms with Crippen LogP contribution in [0.4, 0.5) is 15.8 Å². The van der Waals surface area contributed by atoms with Gasteiger partial charge < -0.3 is 10.6 Å². The Hall–Kier alpha value is -2.94.